The molecule has 6 heteroatoms. The lowest BCUT2D eigenvalue weighted by Gasteiger charge is -2.21. The summed E-state index contributed by atoms with van der Waals surface area (Å²) in [6.45, 7) is 4.71. The predicted molar refractivity (Wildman–Crippen MR) is 86.8 cm³/mol. The minimum Gasteiger partial charge on any atom is -0.348 e. The number of halogens is 1. The highest BCUT2D eigenvalue weighted by atomic mass is 32.1. The van der Waals surface area contributed by atoms with Crippen LogP contribution in [0, 0.1) is 19.7 Å². The molecule has 0 amide bonds. The molecule has 112 valence electrons. The van der Waals surface area contributed by atoms with E-state index < -0.39 is 0 Å². The van der Waals surface area contributed by atoms with E-state index in [0.717, 1.165) is 17.1 Å². The number of anilines is 1. The molecule has 0 atom stereocenters. The summed E-state index contributed by atoms with van der Waals surface area (Å²) in [5.41, 5.74) is 4.08. The number of aromatic nitrogens is 2. The van der Waals surface area contributed by atoms with Gasteiger partial charge in [0, 0.05) is 37.6 Å². The van der Waals surface area contributed by atoms with Crippen molar-refractivity contribution in [2.45, 2.75) is 20.4 Å². The van der Waals surface area contributed by atoms with E-state index in [-0.39, 0.29) is 5.82 Å². The third kappa shape index (κ3) is 3.58. The van der Waals surface area contributed by atoms with E-state index in [1.54, 1.807) is 12.1 Å². The van der Waals surface area contributed by atoms with Crippen molar-refractivity contribution in [1.82, 2.24) is 14.7 Å². The molecule has 0 saturated carbocycles. The summed E-state index contributed by atoms with van der Waals surface area (Å²) in [4.78, 5) is 1.94. The fourth-order valence-electron chi connectivity index (χ4n) is 2.11. The lowest BCUT2D eigenvalue weighted by atomic mass is 10.2. The van der Waals surface area contributed by atoms with Crippen LogP contribution in [0.5, 0.6) is 0 Å². The Bertz CT molecular complexity index is 648. The van der Waals surface area contributed by atoms with Crippen LogP contribution in [0.2, 0.25) is 0 Å². The van der Waals surface area contributed by atoms with Gasteiger partial charge in [0.15, 0.2) is 5.11 Å². The van der Waals surface area contributed by atoms with Crippen LogP contribution in [0.4, 0.5) is 10.1 Å². The molecule has 1 aromatic carbocycles. The molecule has 0 aliphatic heterocycles. The lowest BCUT2D eigenvalue weighted by Crippen LogP contribution is -2.30. The zero-order valence-corrected chi connectivity index (χ0v) is 13.5. The summed E-state index contributed by atoms with van der Waals surface area (Å²) >= 11 is 5.38. The Morgan fingerprint density at radius 1 is 1.33 bits per heavy atom. The topological polar surface area (TPSA) is 33.1 Å². The summed E-state index contributed by atoms with van der Waals surface area (Å²) in [5.74, 6) is -0.263. The van der Waals surface area contributed by atoms with E-state index in [0.29, 0.717) is 11.7 Å². The highest BCUT2D eigenvalue weighted by molar-refractivity contribution is 7.80. The number of hydrogen-bond acceptors (Lipinski definition) is 2. The molecule has 1 heterocycles. The molecular weight excluding hydrogens is 287 g/mol. The molecule has 0 saturated heterocycles. The number of hydrogen-bond donors (Lipinski definition) is 1. The Morgan fingerprint density at radius 2 is 1.95 bits per heavy atom. The van der Waals surface area contributed by atoms with Crippen LogP contribution in [0.15, 0.2) is 24.3 Å². The van der Waals surface area contributed by atoms with Gasteiger partial charge in [-0.3, -0.25) is 4.68 Å². The van der Waals surface area contributed by atoms with Gasteiger partial charge >= 0.3 is 0 Å². The smallest absolute Gasteiger partial charge is 0.173 e. The Kier molecular flexibility index (Phi) is 4.57. The van der Waals surface area contributed by atoms with Crippen molar-refractivity contribution >= 4 is 23.0 Å². The molecule has 0 radical (unpaired) electrons. The van der Waals surface area contributed by atoms with E-state index in [9.17, 15) is 4.39 Å². The minimum absolute atomic E-state index is 0.263. The number of nitrogens with zero attached hydrogens (tertiary/aromatic N) is 3. The number of thiocarbonyl (C=S) groups is 1. The van der Waals surface area contributed by atoms with Crippen molar-refractivity contribution < 1.29 is 4.39 Å². The van der Waals surface area contributed by atoms with Gasteiger partial charge < -0.3 is 10.2 Å². The monoisotopic (exact) mass is 306 g/mol. The van der Waals surface area contributed by atoms with Gasteiger partial charge in [-0.05, 0) is 50.3 Å². The van der Waals surface area contributed by atoms with E-state index in [1.807, 2.05) is 37.5 Å². The minimum atomic E-state index is -0.263. The largest absolute Gasteiger partial charge is 0.348 e. The van der Waals surface area contributed by atoms with Crippen molar-refractivity contribution in [3.63, 3.8) is 0 Å². The second-order valence-corrected chi connectivity index (χ2v) is 5.45. The second kappa shape index (κ2) is 6.22. The highest BCUT2D eigenvalue weighted by Crippen LogP contribution is 2.15. The van der Waals surface area contributed by atoms with Crippen molar-refractivity contribution in [2.75, 3.05) is 12.4 Å². The van der Waals surface area contributed by atoms with Crippen molar-refractivity contribution in [3.05, 3.63) is 47.0 Å². The number of nitrogens with one attached hydrogen (secondary N) is 1. The first-order valence-electron chi connectivity index (χ1n) is 6.65. The molecular formula is C15H19FN4S. The lowest BCUT2D eigenvalue weighted by molar-refractivity contribution is 0.505. The van der Waals surface area contributed by atoms with Crippen LogP contribution in [-0.4, -0.2) is 26.8 Å². The maximum Gasteiger partial charge on any atom is 0.173 e. The predicted octanol–water partition coefficient (Wildman–Crippen LogP) is 3.00. The van der Waals surface area contributed by atoms with Gasteiger partial charge in [0.25, 0.3) is 0 Å². The SMILES string of the molecule is Cc1nn(C)c(C)c1CN(C)C(=S)Nc1ccc(F)cc1. The van der Waals surface area contributed by atoms with Gasteiger partial charge in [-0.15, -0.1) is 0 Å². The molecule has 1 N–H and O–H groups in total. The van der Waals surface area contributed by atoms with Crippen LogP contribution >= 0.6 is 12.2 Å². The second-order valence-electron chi connectivity index (χ2n) is 5.07. The normalized spacial score (nSPS) is 10.5. The zero-order valence-electron chi connectivity index (χ0n) is 12.6. The molecule has 0 aliphatic rings. The van der Waals surface area contributed by atoms with Gasteiger partial charge in [-0.2, -0.15) is 5.10 Å². The first kappa shape index (κ1) is 15.4. The summed E-state index contributed by atoms with van der Waals surface area (Å²) in [5, 5.41) is 8.09. The summed E-state index contributed by atoms with van der Waals surface area (Å²) < 4.78 is 14.8. The van der Waals surface area contributed by atoms with Gasteiger partial charge in [0.05, 0.1) is 5.69 Å². The van der Waals surface area contributed by atoms with Gasteiger partial charge in [-0.25, -0.2) is 4.39 Å². The number of rotatable bonds is 3. The molecule has 2 rings (SSSR count). The average Bonchev–Trinajstić information content (AvgIpc) is 2.68. The first-order chi connectivity index (χ1) is 9.88. The fraction of sp³-hybridized carbons (Fsp3) is 0.333. The molecule has 0 aliphatic carbocycles. The Labute approximate surface area is 129 Å². The molecule has 1 aromatic heterocycles. The van der Waals surface area contributed by atoms with Crippen LogP contribution < -0.4 is 5.32 Å². The Balaban J connectivity index is 2.04. The standard InChI is InChI=1S/C15H19FN4S/c1-10-14(11(2)20(4)18-10)9-19(3)15(21)17-13-7-5-12(16)6-8-13/h5-8H,9H2,1-4H3,(H,17,21). The molecule has 21 heavy (non-hydrogen) atoms. The van der Waals surface area contributed by atoms with Gasteiger partial charge in [0.1, 0.15) is 5.82 Å². The third-order valence-electron chi connectivity index (χ3n) is 3.50. The number of benzene rings is 1. The zero-order chi connectivity index (χ0) is 15.6. The maximum absolute atomic E-state index is 12.9. The summed E-state index contributed by atoms with van der Waals surface area (Å²) in [6.07, 6.45) is 0. The van der Waals surface area contributed by atoms with E-state index in [4.69, 9.17) is 12.2 Å². The molecule has 0 fully saturated rings. The van der Waals surface area contributed by atoms with Gasteiger partial charge in [0.2, 0.25) is 0 Å². The van der Waals surface area contributed by atoms with Crippen LogP contribution in [-0.2, 0) is 13.6 Å². The van der Waals surface area contributed by atoms with Crippen LogP contribution in [0.3, 0.4) is 0 Å². The summed E-state index contributed by atoms with van der Waals surface area (Å²) in [6, 6.07) is 6.13. The van der Waals surface area contributed by atoms with Crippen molar-refractivity contribution in [3.8, 4) is 0 Å². The molecule has 4 nitrogen and oxygen atoms in total. The van der Waals surface area contributed by atoms with E-state index >= 15 is 0 Å². The molecule has 0 bridgehead atoms. The maximum atomic E-state index is 12.9. The molecule has 0 spiro atoms. The fourth-order valence-corrected chi connectivity index (χ4v) is 2.29. The van der Waals surface area contributed by atoms with E-state index in [1.165, 1.54) is 17.7 Å². The third-order valence-corrected chi connectivity index (χ3v) is 3.91. The van der Waals surface area contributed by atoms with Crippen LogP contribution in [0.25, 0.3) is 0 Å². The van der Waals surface area contributed by atoms with Crippen LogP contribution in [0.1, 0.15) is 17.0 Å². The van der Waals surface area contributed by atoms with Gasteiger partial charge in [-0.1, -0.05) is 0 Å². The molecule has 2 aromatic rings. The quantitative estimate of drug-likeness (QED) is 0.884. The number of aryl methyl sites for hydroxylation is 2. The Morgan fingerprint density at radius 3 is 2.48 bits per heavy atom. The average molecular weight is 306 g/mol. The first-order valence-corrected chi connectivity index (χ1v) is 7.06. The van der Waals surface area contributed by atoms with Crippen molar-refractivity contribution in [2.24, 2.45) is 7.05 Å². The highest BCUT2D eigenvalue weighted by Gasteiger charge is 2.13. The summed E-state index contributed by atoms with van der Waals surface area (Å²) in [7, 11) is 3.85. The Hall–Kier alpha value is -1.95. The van der Waals surface area contributed by atoms with Crippen molar-refractivity contribution in [1.29, 1.82) is 0 Å². The molecule has 0 unspecified atom stereocenters. The van der Waals surface area contributed by atoms with E-state index in [2.05, 4.69) is 10.4 Å².